The van der Waals surface area contributed by atoms with Gasteiger partial charge in [0.15, 0.2) is 0 Å². The van der Waals surface area contributed by atoms with Crippen LogP contribution in [0, 0.1) is 0 Å². The second kappa shape index (κ2) is 11.0. The zero-order valence-electron chi connectivity index (χ0n) is 32.4. The highest BCUT2D eigenvalue weighted by atomic mass is 15.2. The zero-order valence-corrected chi connectivity index (χ0v) is 32.4. The molecule has 0 N–H and O–H groups in total. The van der Waals surface area contributed by atoms with Gasteiger partial charge in [0.2, 0.25) is 0 Å². The van der Waals surface area contributed by atoms with Crippen LogP contribution in [0.25, 0.3) is 98.8 Å². The predicted octanol–water partition coefficient (Wildman–Crippen LogP) is 12.4. The summed E-state index contributed by atoms with van der Waals surface area (Å²) in [7, 11) is 0. The minimum absolute atomic E-state index is 0.0247. The quantitative estimate of drug-likeness (QED) is 0.164. The molecule has 10 aromatic carbocycles. The van der Waals surface area contributed by atoms with Crippen LogP contribution in [0.2, 0.25) is 0 Å². The topological polar surface area (TPSA) is 13.1 Å². The fraction of sp³-hybridized carbons (Fsp3) is 0. The van der Waals surface area contributed by atoms with Crippen molar-refractivity contribution in [3.63, 3.8) is 0 Å². The van der Waals surface area contributed by atoms with Crippen molar-refractivity contribution in [3.8, 4) is 33.6 Å². The summed E-state index contributed by atoms with van der Waals surface area (Å²) in [5.74, 6) is 0. The normalized spacial score (nSPS) is 13.0. The van der Waals surface area contributed by atoms with E-state index in [2.05, 4.69) is 208 Å². The summed E-state index contributed by atoms with van der Waals surface area (Å²) in [6.45, 7) is 0.0247. The maximum absolute atomic E-state index is 2.65. The van der Waals surface area contributed by atoms with Crippen molar-refractivity contribution in [3.05, 3.63) is 194 Å². The molecular formula is C56H32BN3. The Balaban J connectivity index is 1.18. The van der Waals surface area contributed by atoms with Gasteiger partial charge in [0.05, 0.1) is 22.2 Å². The monoisotopic (exact) mass is 757 g/mol. The minimum atomic E-state index is 0.0247. The number of nitrogens with zero attached hydrogens (tertiary/aromatic N) is 3. The average Bonchev–Trinajstić information content (AvgIpc) is 3.81. The molecule has 3 aliphatic rings. The molecule has 274 valence electrons. The first kappa shape index (κ1) is 31.2. The molecule has 0 fully saturated rings. The van der Waals surface area contributed by atoms with Gasteiger partial charge in [-0.3, -0.25) is 0 Å². The largest absolute Gasteiger partial charge is 0.310 e. The number of benzene rings is 10. The van der Waals surface area contributed by atoms with Gasteiger partial charge in [-0.05, 0) is 109 Å². The van der Waals surface area contributed by atoms with E-state index in [4.69, 9.17) is 0 Å². The molecule has 3 nitrogen and oxygen atoms in total. The van der Waals surface area contributed by atoms with Crippen molar-refractivity contribution in [1.29, 1.82) is 0 Å². The fourth-order valence-corrected chi connectivity index (χ4v) is 11.8. The van der Waals surface area contributed by atoms with Gasteiger partial charge in [-0.25, -0.2) is 0 Å². The molecule has 0 saturated carbocycles. The van der Waals surface area contributed by atoms with Gasteiger partial charge in [-0.1, -0.05) is 146 Å². The summed E-state index contributed by atoms with van der Waals surface area (Å²) in [6, 6.07) is 72.8. The molecule has 12 aromatic rings. The van der Waals surface area contributed by atoms with Gasteiger partial charge in [-0.2, -0.15) is 0 Å². The summed E-state index contributed by atoms with van der Waals surface area (Å²) in [5, 5.41) is 10.5. The second-order valence-electron chi connectivity index (χ2n) is 16.8. The molecule has 60 heavy (non-hydrogen) atoms. The molecule has 0 unspecified atom stereocenters. The minimum Gasteiger partial charge on any atom is -0.310 e. The van der Waals surface area contributed by atoms with E-state index < -0.39 is 0 Å². The Morgan fingerprint density at radius 2 is 0.933 bits per heavy atom. The first-order chi connectivity index (χ1) is 29.8. The van der Waals surface area contributed by atoms with Crippen molar-refractivity contribution in [1.82, 2.24) is 9.13 Å². The molecule has 2 aliphatic heterocycles. The van der Waals surface area contributed by atoms with Gasteiger partial charge in [0.25, 0.3) is 6.71 Å². The summed E-state index contributed by atoms with van der Waals surface area (Å²) in [5.41, 5.74) is 20.3. The SMILES string of the molecule is c1ccc(N(c2ccccc2)c2cc3c4c(c2)-n2c5cccc6c5c5c7c(cccc7cc(c52)B4c2cccc4c5c7ccccc7ccc5n-3c24)-c2ccccc2-6)cc1. The van der Waals surface area contributed by atoms with Crippen molar-refractivity contribution >= 4 is 105 Å². The average molecular weight is 758 g/mol. The Morgan fingerprint density at radius 3 is 1.70 bits per heavy atom. The van der Waals surface area contributed by atoms with E-state index in [1.807, 2.05) is 0 Å². The van der Waals surface area contributed by atoms with E-state index in [1.165, 1.54) is 115 Å². The number of fused-ring (bicyclic) bond motifs is 13. The van der Waals surface area contributed by atoms with Crippen LogP contribution in [0.4, 0.5) is 17.1 Å². The standard InChI is InChI=1S/C56H32BN3/c1-3-16-35(17-4-1)58(36-18-5-2-6-19-36)37-31-48-54-49(32-37)60-46-27-13-24-42-40-22-10-9-21-39(40)41-23-11-15-34-30-45(56(60)53(50(34)41)52(42)46)57(54)44-26-12-25-43-51-38-20-8-7-14-33(38)28-29-47(51)59(48)55(43)44/h1-32H. The third-order valence-electron chi connectivity index (χ3n) is 13.9. The smallest absolute Gasteiger partial charge is 0.252 e. The Morgan fingerprint density at radius 1 is 0.350 bits per heavy atom. The van der Waals surface area contributed by atoms with E-state index in [1.54, 1.807) is 0 Å². The summed E-state index contributed by atoms with van der Waals surface area (Å²) < 4.78 is 5.25. The lowest BCUT2D eigenvalue weighted by atomic mass is 9.34. The summed E-state index contributed by atoms with van der Waals surface area (Å²) in [4.78, 5) is 2.44. The Hall–Kier alpha value is -7.82. The Labute approximate surface area is 345 Å². The van der Waals surface area contributed by atoms with Gasteiger partial charge in [0, 0.05) is 49.8 Å². The zero-order chi connectivity index (χ0) is 38.8. The molecule has 0 radical (unpaired) electrons. The third kappa shape index (κ3) is 3.70. The second-order valence-corrected chi connectivity index (χ2v) is 16.8. The van der Waals surface area contributed by atoms with Crippen LogP contribution >= 0.6 is 0 Å². The maximum Gasteiger partial charge on any atom is 0.252 e. The van der Waals surface area contributed by atoms with Gasteiger partial charge >= 0.3 is 0 Å². The van der Waals surface area contributed by atoms with E-state index in [9.17, 15) is 0 Å². The lowest BCUT2D eigenvalue weighted by molar-refractivity contribution is 1.13. The number of rotatable bonds is 3. The van der Waals surface area contributed by atoms with Gasteiger partial charge in [-0.15, -0.1) is 0 Å². The van der Waals surface area contributed by atoms with Crippen LogP contribution < -0.4 is 21.3 Å². The highest BCUT2D eigenvalue weighted by Crippen LogP contribution is 2.51. The van der Waals surface area contributed by atoms with Gasteiger partial charge < -0.3 is 14.0 Å². The van der Waals surface area contributed by atoms with Crippen LogP contribution in [-0.4, -0.2) is 15.8 Å². The molecule has 0 saturated heterocycles. The molecule has 0 spiro atoms. The van der Waals surface area contributed by atoms with Crippen molar-refractivity contribution in [2.75, 3.05) is 4.90 Å². The molecule has 4 heterocycles. The van der Waals surface area contributed by atoms with E-state index >= 15 is 0 Å². The number of hydrogen-bond acceptors (Lipinski definition) is 1. The number of anilines is 3. The van der Waals surface area contributed by atoms with Crippen molar-refractivity contribution in [2.24, 2.45) is 0 Å². The molecule has 2 aromatic heterocycles. The molecule has 0 bridgehead atoms. The lowest BCUT2D eigenvalue weighted by Gasteiger charge is -2.36. The molecule has 1 aliphatic carbocycles. The van der Waals surface area contributed by atoms with E-state index in [0.717, 1.165) is 17.1 Å². The van der Waals surface area contributed by atoms with E-state index in [0.29, 0.717) is 0 Å². The van der Waals surface area contributed by atoms with Crippen LogP contribution in [0.5, 0.6) is 0 Å². The van der Waals surface area contributed by atoms with Crippen LogP contribution in [0.1, 0.15) is 0 Å². The van der Waals surface area contributed by atoms with E-state index in [-0.39, 0.29) is 6.71 Å². The number of hydrogen-bond donors (Lipinski definition) is 0. The van der Waals surface area contributed by atoms with Crippen LogP contribution in [0.15, 0.2) is 194 Å². The van der Waals surface area contributed by atoms with Crippen molar-refractivity contribution in [2.45, 2.75) is 0 Å². The fourth-order valence-electron chi connectivity index (χ4n) is 11.8. The first-order valence-corrected chi connectivity index (χ1v) is 21.0. The Bertz CT molecular complexity index is 3860. The third-order valence-corrected chi connectivity index (χ3v) is 13.9. The molecule has 15 rings (SSSR count). The molecule has 0 atom stereocenters. The Kier molecular flexibility index (Phi) is 5.73. The molecular weight excluding hydrogens is 725 g/mol. The molecule has 4 heteroatoms. The highest BCUT2D eigenvalue weighted by Gasteiger charge is 2.42. The predicted molar refractivity (Wildman–Crippen MR) is 254 cm³/mol. The number of aromatic nitrogens is 2. The van der Waals surface area contributed by atoms with Crippen LogP contribution in [-0.2, 0) is 0 Å². The van der Waals surface area contributed by atoms with Crippen LogP contribution in [0.3, 0.4) is 0 Å². The maximum atomic E-state index is 2.65. The van der Waals surface area contributed by atoms with Gasteiger partial charge in [0.1, 0.15) is 0 Å². The summed E-state index contributed by atoms with van der Waals surface area (Å²) >= 11 is 0. The molecule has 0 amide bonds. The van der Waals surface area contributed by atoms with Crippen molar-refractivity contribution < 1.29 is 0 Å². The highest BCUT2D eigenvalue weighted by molar-refractivity contribution is 7.00. The first-order valence-electron chi connectivity index (χ1n) is 21.0. The lowest BCUT2D eigenvalue weighted by Crippen LogP contribution is -2.59. The number of para-hydroxylation sites is 3. The summed E-state index contributed by atoms with van der Waals surface area (Å²) in [6.07, 6.45) is 0.